The van der Waals surface area contributed by atoms with Crippen molar-refractivity contribution in [2.24, 2.45) is 7.05 Å². The van der Waals surface area contributed by atoms with Crippen LogP contribution in [0.3, 0.4) is 0 Å². The molecule has 0 aliphatic heterocycles. The number of ketones is 1. The first-order valence-electron chi connectivity index (χ1n) is 6.33. The normalized spacial score (nSPS) is 10.9. The molecule has 0 atom stereocenters. The van der Waals surface area contributed by atoms with Gasteiger partial charge in [0.05, 0.1) is 22.3 Å². The van der Waals surface area contributed by atoms with E-state index in [1.807, 2.05) is 18.7 Å². The monoisotopic (exact) mass is 324 g/mol. The summed E-state index contributed by atoms with van der Waals surface area (Å²) in [6, 6.07) is 0. The van der Waals surface area contributed by atoms with Gasteiger partial charge in [0.1, 0.15) is 0 Å². The van der Waals surface area contributed by atoms with Crippen LogP contribution in [-0.2, 0) is 26.4 Å². The molecule has 2 aromatic heterocycles. The topological polar surface area (TPSA) is 52.7 Å². The van der Waals surface area contributed by atoms with Gasteiger partial charge in [0, 0.05) is 26.0 Å². The average molecular weight is 325 g/mol. The Balaban J connectivity index is 2.31. The third-order valence-corrected chi connectivity index (χ3v) is 4.01. The van der Waals surface area contributed by atoms with Crippen molar-refractivity contribution in [2.75, 3.05) is 0 Å². The van der Waals surface area contributed by atoms with Gasteiger partial charge in [-0.15, -0.1) is 0 Å². The molecule has 0 radical (unpaired) electrons. The molecule has 2 heterocycles. The molecule has 2 rings (SSSR count). The number of carbonyl (C=O) groups is 1. The SMILES string of the molecule is CCc1nn(CC)c(CC(=O)c2nccn2C)c1Br. The molecule has 0 saturated carbocycles. The summed E-state index contributed by atoms with van der Waals surface area (Å²) in [7, 11) is 1.82. The van der Waals surface area contributed by atoms with Gasteiger partial charge in [0.25, 0.3) is 0 Å². The molecule has 0 amide bonds. The number of hydrogen-bond acceptors (Lipinski definition) is 3. The maximum absolute atomic E-state index is 12.3. The van der Waals surface area contributed by atoms with Crippen molar-refractivity contribution in [3.05, 3.63) is 34.1 Å². The smallest absolute Gasteiger partial charge is 0.204 e. The number of carbonyl (C=O) groups excluding carboxylic acids is 1. The number of nitrogens with zero attached hydrogens (tertiary/aromatic N) is 4. The summed E-state index contributed by atoms with van der Waals surface area (Å²) in [6.07, 6.45) is 4.57. The van der Waals surface area contributed by atoms with Crippen LogP contribution in [0.4, 0.5) is 0 Å². The molecule has 0 unspecified atom stereocenters. The number of hydrogen-bond donors (Lipinski definition) is 0. The van der Waals surface area contributed by atoms with Gasteiger partial charge >= 0.3 is 0 Å². The predicted molar refractivity (Wildman–Crippen MR) is 76.2 cm³/mol. The van der Waals surface area contributed by atoms with E-state index >= 15 is 0 Å². The third kappa shape index (κ3) is 2.63. The van der Waals surface area contributed by atoms with Crippen LogP contribution in [0.1, 0.15) is 35.9 Å². The van der Waals surface area contributed by atoms with E-state index in [4.69, 9.17) is 0 Å². The Morgan fingerprint density at radius 3 is 2.68 bits per heavy atom. The van der Waals surface area contributed by atoms with E-state index in [0.29, 0.717) is 12.2 Å². The minimum Gasteiger partial charge on any atom is -0.332 e. The van der Waals surface area contributed by atoms with Crippen LogP contribution < -0.4 is 0 Å². The zero-order valence-corrected chi connectivity index (χ0v) is 12.9. The maximum Gasteiger partial charge on any atom is 0.204 e. The fourth-order valence-electron chi connectivity index (χ4n) is 2.05. The van der Waals surface area contributed by atoms with Gasteiger partial charge in [-0.3, -0.25) is 9.48 Å². The van der Waals surface area contributed by atoms with Gasteiger partial charge in [-0.05, 0) is 29.3 Å². The lowest BCUT2D eigenvalue weighted by atomic mass is 10.2. The largest absolute Gasteiger partial charge is 0.332 e. The van der Waals surface area contributed by atoms with Crippen molar-refractivity contribution in [3.8, 4) is 0 Å². The van der Waals surface area contributed by atoms with E-state index in [1.165, 1.54) is 0 Å². The molecule has 0 aliphatic carbocycles. The number of aryl methyl sites for hydroxylation is 3. The summed E-state index contributed by atoms with van der Waals surface area (Å²) in [4.78, 5) is 16.4. The van der Waals surface area contributed by atoms with Crippen molar-refractivity contribution in [3.63, 3.8) is 0 Å². The highest BCUT2D eigenvalue weighted by Crippen LogP contribution is 2.23. The van der Waals surface area contributed by atoms with E-state index in [-0.39, 0.29) is 5.78 Å². The number of Topliss-reactive ketones (excluding diaryl/α,β-unsaturated/α-hetero) is 1. The van der Waals surface area contributed by atoms with E-state index < -0.39 is 0 Å². The first-order chi connectivity index (χ1) is 9.08. The zero-order chi connectivity index (χ0) is 14.0. The van der Waals surface area contributed by atoms with Crippen molar-refractivity contribution >= 4 is 21.7 Å². The molecule has 19 heavy (non-hydrogen) atoms. The second kappa shape index (κ2) is 5.69. The Bertz CT molecular complexity index is 600. The van der Waals surface area contributed by atoms with Gasteiger partial charge < -0.3 is 4.57 Å². The molecule has 0 bridgehead atoms. The predicted octanol–water partition coefficient (Wildman–Crippen LogP) is 2.39. The number of imidazole rings is 1. The summed E-state index contributed by atoms with van der Waals surface area (Å²) < 4.78 is 4.56. The van der Waals surface area contributed by atoms with Crippen LogP contribution in [0.25, 0.3) is 0 Å². The molecular weight excluding hydrogens is 308 g/mol. The first-order valence-corrected chi connectivity index (χ1v) is 7.12. The van der Waals surface area contributed by atoms with Crippen molar-refractivity contribution in [1.29, 1.82) is 0 Å². The standard InChI is InChI=1S/C13H17BrN4O/c1-4-9-12(14)10(18(5-2)16-9)8-11(19)13-15-6-7-17(13)3/h6-7H,4-5,8H2,1-3H3. The highest BCUT2D eigenvalue weighted by molar-refractivity contribution is 9.10. The van der Waals surface area contributed by atoms with Crippen LogP contribution in [0.2, 0.25) is 0 Å². The molecule has 0 aliphatic rings. The highest BCUT2D eigenvalue weighted by atomic mass is 79.9. The molecule has 0 saturated heterocycles. The minimum absolute atomic E-state index is 0.00505. The molecule has 0 N–H and O–H groups in total. The molecule has 0 spiro atoms. The molecule has 102 valence electrons. The van der Waals surface area contributed by atoms with Gasteiger partial charge in [0.2, 0.25) is 5.78 Å². The van der Waals surface area contributed by atoms with Crippen LogP contribution in [0.15, 0.2) is 16.9 Å². The fraction of sp³-hybridized carbons (Fsp3) is 0.462. The summed E-state index contributed by atoms with van der Waals surface area (Å²) in [5, 5.41) is 4.49. The highest BCUT2D eigenvalue weighted by Gasteiger charge is 2.19. The Hall–Kier alpha value is -1.43. The Morgan fingerprint density at radius 1 is 1.42 bits per heavy atom. The van der Waals surface area contributed by atoms with E-state index in [2.05, 4.69) is 32.9 Å². The van der Waals surface area contributed by atoms with E-state index in [9.17, 15) is 4.79 Å². The Kier molecular flexibility index (Phi) is 4.19. The Morgan fingerprint density at radius 2 is 2.16 bits per heavy atom. The second-order valence-electron chi connectivity index (χ2n) is 4.34. The quantitative estimate of drug-likeness (QED) is 0.793. The molecule has 5 nitrogen and oxygen atoms in total. The lowest BCUT2D eigenvalue weighted by molar-refractivity contribution is 0.0977. The number of aromatic nitrogens is 4. The van der Waals surface area contributed by atoms with Gasteiger partial charge in [-0.25, -0.2) is 4.98 Å². The molecular formula is C13H17BrN4O. The van der Waals surface area contributed by atoms with E-state index in [1.54, 1.807) is 17.0 Å². The minimum atomic E-state index is 0.00505. The van der Waals surface area contributed by atoms with Crippen LogP contribution in [0.5, 0.6) is 0 Å². The third-order valence-electron chi connectivity index (χ3n) is 3.09. The molecule has 0 fully saturated rings. The zero-order valence-electron chi connectivity index (χ0n) is 11.4. The van der Waals surface area contributed by atoms with Crippen LogP contribution in [-0.4, -0.2) is 25.1 Å². The van der Waals surface area contributed by atoms with Crippen LogP contribution in [0, 0.1) is 0 Å². The summed E-state index contributed by atoms with van der Waals surface area (Å²) in [6.45, 7) is 4.83. The fourth-order valence-corrected chi connectivity index (χ4v) is 2.76. The maximum atomic E-state index is 12.3. The molecule has 6 heteroatoms. The lowest BCUT2D eigenvalue weighted by Gasteiger charge is -2.05. The summed E-state index contributed by atoms with van der Waals surface area (Å²) in [5.74, 6) is 0.485. The first kappa shape index (κ1) is 14.0. The number of rotatable bonds is 5. The van der Waals surface area contributed by atoms with Gasteiger partial charge in [0.15, 0.2) is 5.82 Å². The van der Waals surface area contributed by atoms with Crippen molar-refractivity contribution < 1.29 is 4.79 Å². The van der Waals surface area contributed by atoms with Gasteiger partial charge in [-0.2, -0.15) is 5.10 Å². The number of halogens is 1. The van der Waals surface area contributed by atoms with Gasteiger partial charge in [-0.1, -0.05) is 6.92 Å². The van der Waals surface area contributed by atoms with Crippen molar-refractivity contribution in [1.82, 2.24) is 19.3 Å². The lowest BCUT2D eigenvalue weighted by Crippen LogP contribution is -2.13. The summed E-state index contributed by atoms with van der Waals surface area (Å²) in [5.41, 5.74) is 1.91. The van der Waals surface area contributed by atoms with E-state index in [0.717, 1.165) is 28.8 Å². The van der Waals surface area contributed by atoms with Crippen molar-refractivity contribution in [2.45, 2.75) is 33.2 Å². The summed E-state index contributed by atoms with van der Waals surface area (Å²) >= 11 is 3.55. The Labute approximate surface area is 120 Å². The van der Waals surface area contributed by atoms with Crippen LogP contribution >= 0.6 is 15.9 Å². The second-order valence-corrected chi connectivity index (χ2v) is 5.13. The molecule has 0 aromatic carbocycles. The molecule has 2 aromatic rings. The average Bonchev–Trinajstić information content (AvgIpc) is 2.95.